The van der Waals surface area contributed by atoms with Gasteiger partial charge in [0.2, 0.25) is 0 Å². The van der Waals surface area contributed by atoms with Crippen LogP contribution < -0.4 is 0 Å². The molecule has 2 aliphatic heterocycles. The van der Waals surface area contributed by atoms with Crippen LogP contribution in [-0.2, 0) is 15.0 Å². The molecule has 11 heteroatoms. The third-order valence-corrected chi connectivity index (χ3v) is 7.28. The van der Waals surface area contributed by atoms with Gasteiger partial charge in [-0.2, -0.15) is 0 Å². The first-order valence-corrected chi connectivity index (χ1v) is 13.3. The first-order chi connectivity index (χ1) is 19.3. The Kier molecular flexibility index (Phi) is 8.67. The Balaban J connectivity index is 0.000000426. The molecular formula is C30H32FN3O7. The fraction of sp³-hybridized carbons (Fsp3) is 0.367. The molecule has 41 heavy (non-hydrogen) atoms. The van der Waals surface area contributed by atoms with E-state index >= 15 is 0 Å². The van der Waals surface area contributed by atoms with Crippen molar-refractivity contribution in [2.75, 3.05) is 26.2 Å². The quantitative estimate of drug-likeness (QED) is 0.327. The first kappa shape index (κ1) is 29.6. The van der Waals surface area contributed by atoms with Gasteiger partial charge in [0.1, 0.15) is 5.82 Å². The fourth-order valence-corrected chi connectivity index (χ4v) is 5.00. The number of carbonyl (C=O) groups excluding carboxylic acids is 2. The van der Waals surface area contributed by atoms with Crippen LogP contribution in [-0.4, -0.2) is 75.1 Å². The zero-order chi connectivity index (χ0) is 29.9. The van der Waals surface area contributed by atoms with Crippen molar-refractivity contribution in [3.8, 4) is 0 Å². The van der Waals surface area contributed by atoms with E-state index in [1.165, 1.54) is 17.0 Å². The maximum absolute atomic E-state index is 13.4. The van der Waals surface area contributed by atoms with Gasteiger partial charge in [0.15, 0.2) is 5.58 Å². The van der Waals surface area contributed by atoms with Gasteiger partial charge >= 0.3 is 11.9 Å². The number of hydrogen-bond acceptors (Lipinski definition) is 7. The summed E-state index contributed by atoms with van der Waals surface area (Å²) in [4.78, 5) is 48.6. The van der Waals surface area contributed by atoms with Crippen LogP contribution in [0, 0.1) is 5.82 Å². The smallest absolute Gasteiger partial charge is 0.328 e. The number of aromatic nitrogens is 1. The van der Waals surface area contributed by atoms with E-state index in [-0.39, 0.29) is 29.0 Å². The summed E-state index contributed by atoms with van der Waals surface area (Å²) in [7, 11) is 0. The minimum atomic E-state index is -1.26. The molecule has 0 radical (unpaired) electrons. The molecule has 3 heterocycles. The Bertz CT molecular complexity index is 1500. The monoisotopic (exact) mass is 565 g/mol. The van der Waals surface area contributed by atoms with Crippen molar-refractivity contribution in [1.82, 2.24) is 15.0 Å². The van der Waals surface area contributed by atoms with Crippen molar-refractivity contribution in [2.45, 2.75) is 44.9 Å². The number of imide groups is 1. The molecule has 0 saturated carbocycles. The highest BCUT2D eigenvalue weighted by atomic mass is 19.1. The van der Waals surface area contributed by atoms with E-state index in [0.29, 0.717) is 42.0 Å². The van der Waals surface area contributed by atoms with Crippen LogP contribution in [0.2, 0.25) is 0 Å². The number of hydrogen-bond donors (Lipinski definition) is 2. The number of piperidine rings is 1. The predicted octanol–water partition coefficient (Wildman–Crippen LogP) is 4.45. The number of carboxylic acids is 2. The average molecular weight is 566 g/mol. The van der Waals surface area contributed by atoms with Gasteiger partial charge in [0.25, 0.3) is 11.8 Å². The van der Waals surface area contributed by atoms with Crippen molar-refractivity contribution in [1.29, 1.82) is 0 Å². The van der Waals surface area contributed by atoms with Crippen LogP contribution in [0.15, 0.2) is 53.1 Å². The van der Waals surface area contributed by atoms with E-state index in [9.17, 15) is 23.6 Å². The summed E-state index contributed by atoms with van der Waals surface area (Å²) in [5.41, 5.74) is 3.35. The molecule has 1 aromatic heterocycles. The lowest BCUT2D eigenvalue weighted by Gasteiger charge is -2.32. The Hall–Kier alpha value is -4.38. The van der Waals surface area contributed by atoms with Crippen molar-refractivity contribution < 1.29 is 38.3 Å². The molecule has 5 rings (SSSR count). The lowest BCUT2D eigenvalue weighted by Crippen LogP contribution is -2.41. The summed E-state index contributed by atoms with van der Waals surface area (Å²) in [6.45, 7) is 9.00. The van der Waals surface area contributed by atoms with Crippen molar-refractivity contribution in [3.63, 3.8) is 0 Å². The predicted molar refractivity (Wildman–Crippen MR) is 147 cm³/mol. The zero-order valence-electron chi connectivity index (χ0n) is 23.1. The number of benzene rings is 2. The van der Waals surface area contributed by atoms with Gasteiger partial charge in [0.05, 0.1) is 16.8 Å². The van der Waals surface area contributed by atoms with Crippen LogP contribution in [0.4, 0.5) is 4.39 Å². The SMILES string of the molecule is CC(C)(C)c1ccc2c(c1)C(=O)N(CCN1CCC(c3noc4cc(F)ccc34)CC1)C2=O.O=C(O)C=CC(=O)O. The number of rotatable bonds is 6. The Morgan fingerprint density at radius 3 is 2.22 bits per heavy atom. The minimum Gasteiger partial charge on any atom is -0.478 e. The number of aliphatic carboxylic acids is 2. The minimum absolute atomic E-state index is 0.0839. The summed E-state index contributed by atoms with van der Waals surface area (Å²) in [6.07, 6.45) is 2.91. The van der Waals surface area contributed by atoms with Gasteiger partial charge in [-0.25, -0.2) is 14.0 Å². The first-order valence-electron chi connectivity index (χ1n) is 13.3. The Labute approximate surface area is 236 Å². The van der Waals surface area contributed by atoms with Crippen molar-refractivity contribution in [3.05, 3.63) is 76.8 Å². The van der Waals surface area contributed by atoms with Gasteiger partial charge in [-0.15, -0.1) is 0 Å². The summed E-state index contributed by atoms with van der Waals surface area (Å²) in [5, 5.41) is 20.7. The second-order valence-corrected chi connectivity index (χ2v) is 11.1. The normalized spacial score (nSPS) is 16.2. The molecule has 1 fully saturated rings. The highest BCUT2D eigenvalue weighted by molar-refractivity contribution is 6.21. The lowest BCUT2D eigenvalue weighted by atomic mass is 9.85. The molecule has 0 atom stereocenters. The van der Waals surface area contributed by atoms with E-state index in [2.05, 4.69) is 30.8 Å². The highest BCUT2D eigenvalue weighted by Crippen LogP contribution is 2.33. The van der Waals surface area contributed by atoms with Gasteiger partial charge in [-0.05, 0) is 61.2 Å². The molecule has 0 bridgehead atoms. The third-order valence-electron chi connectivity index (χ3n) is 7.28. The molecule has 2 aromatic carbocycles. The average Bonchev–Trinajstić information content (AvgIpc) is 3.44. The summed E-state index contributed by atoms with van der Waals surface area (Å²) in [5.74, 6) is -2.99. The molecule has 0 unspecified atom stereocenters. The maximum Gasteiger partial charge on any atom is 0.328 e. The molecule has 0 aliphatic carbocycles. The van der Waals surface area contributed by atoms with Crippen LogP contribution in [0.3, 0.4) is 0 Å². The van der Waals surface area contributed by atoms with Gasteiger partial charge in [-0.3, -0.25) is 14.5 Å². The number of carbonyl (C=O) groups is 4. The molecule has 2 amide bonds. The molecule has 2 N–H and O–H groups in total. The number of nitrogens with zero attached hydrogens (tertiary/aromatic N) is 3. The Morgan fingerprint density at radius 2 is 1.61 bits per heavy atom. The molecule has 3 aromatic rings. The zero-order valence-corrected chi connectivity index (χ0v) is 23.1. The van der Waals surface area contributed by atoms with Gasteiger partial charge < -0.3 is 19.6 Å². The number of likely N-dealkylation sites (tertiary alicyclic amines) is 1. The molecule has 2 aliphatic rings. The molecule has 1 saturated heterocycles. The van der Waals surface area contributed by atoms with E-state index < -0.39 is 11.9 Å². The van der Waals surface area contributed by atoms with Gasteiger partial charge in [0, 0.05) is 42.6 Å². The van der Waals surface area contributed by atoms with Crippen molar-refractivity contribution in [2.24, 2.45) is 0 Å². The van der Waals surface area contributed by atoms with Crippen LogP contribution in [0.1, 0.15) is 71.5 Å². The molecule has 0 spiro atoms. The standard InChI is InChI=1S/C26H28FN3O3.C4H4O4/c1-26(2,3)17-4-6-19-21(14-17)25(32)30(24(19)31)13-12-29-10-8-16(9-11-29)23-20-7-5-18(27)15-22(20)33-28-23;5-3(6)1-2-4(7)8/h4-7,14-16H,8-13H2,1-3H3;1-2H,(H,5,6)(H,7,8). The largest absolute Gasteiger partial charge is 0.478 e. The molecule has 10 nitrogen and oxygen atoms in total. The number of carboxylic acid groups (broad SMARTS) is 2. The summed E-state index contributed by atoms with van der Waals surface area (Å²) in [6, 6.07) is 10.1. The highest BCUT2D eigenvalue weighted by Gasteiger charge is 2.36. The number of fused-ring (bicyclic) bond motifs is 2. The Morgan fingerprint density at radius 1 is 0.976 bits per heavy atom. The molecular weight excluding hydrogens is 533 g/mol. The van der Waals surface area contributed by atoms with Gasteiger partial charge in [-0.1, -0.05) is 32.0 Å². The number of amides is 2. The second kappa shape index (κ2) is 12.0. The van der Waals surface area contributed by atoms with E-state index in [1.54, 1.807) is 12.1 Å². The third kappa shape index (κ3) is 6.86. The van der Waals surface area contributed by atoms with Crippen molar-refractivity contribution >= 4 is 34.7 Å². The van der Waals surface area contributed by atoms with E-state index in [0.717, 1.165) is 42.6 Å². The maximum atomic E-state index is 13.4. The van der Waals surface area contributed by atoms with Crippen LogP contribution in [0.5, 0.6) is 0 Å². The lowest BCUT2D eigenvalue weighted by molar-refractivity contribution is -0.134. The summed E-state index contributed by atoms with van der Waals surface area (Å²) < 4.78 is 18.7. The summed E-state index contributed by atoms with van der Waals surface area (Å²) >= 11 is 0. The van der Waals surface area contributed by atoms with Crippen LogP contribution in [0.25, 0.3) is 11.0 Å². The van der Waals surface area contributed by atoms with E-state index in [1.807, 2.05) is 12.1 Å². The van der Waals surface area contributed by atoms with E-state index in [4.69, 9.17) is 14.7 Å². The van der Waals surface area contributed by atoms with Crippen LogP contribution >= 0.6 is 0 Å². The number of halogens is 1. The second-order valence-electron chi connectivity index (χ2n) is 11.1. The topological polar surface area (TPSA) is 141 Å². The fourth-order valence-electron chi connectivity index (χ4n) is 5.00. The molecule has 216 valence electrons.